The van der Waals surface area contributed by atoms with E-state index >= 15 is 0 Å². The van der Waals surface area contributed by atoms with E-state index in [0.29, 0.717) is 11.3 Å². The largest absolute Gasteiger partial charge is 0.126 e. The Morgan fingerprint density at radius 1 is 1.27 bits per heavy atom. The van der Waals surface area contributed by atoms with Gasteiger partial charge in [0, 0.05) is 10.3 Å². The van der Waals surface area contributed by atoms with Crippen molar-refractivity contribution in [1.29, 1.82) is 0 Å². The van der Waals surface area contributed by atoms with Crippen LogP contribution in [-0.4, -0.2) is 11.1 Å². The Balaban J connectivity index is 2.27. The van der Waals surface area contributed by atoms with Crippen molar-refractivity contribution in [2.45, 2.75) is 37.0 Å². The van der Waals surface area contributed by atoms with Gasteiger partial charge in [0.15, 0.2) is 0 Å². The van der Waals surface area contributed by atoms with Crippen molar-refractivity contribution in [1.82, 2.24) is 0 Å². The predicted molar refractivity (Wildman–Crippen MR) is 70.9 cm³/mol. The lowest BCUT2D eigenvalue weighted by molar-refractivity contribution is 0.488. The van der Waals surface area contributed by atoms with Gasteiger partial charge in [-0.2, -0.15) is 0 Å². The molecule has 0 heterocycles. The van der Waals surface area contributed by atoms with Crippen LogP contribution in [0.2, 0.25) is 0 Å². The third-order valence-electron chi connectivity index (χ3n) is 2.67. The van der Waals surface area contributed by atoms with Gasteiger partial charge in [0.1, 0.15) is 0 Å². The van der Waals surface area contributed by atoms with E-state index in [1.165, 1.54) is 23.5 Å². The second-order valence-corrected chi connectivity index (χ2v) is 5.65. The zero-order valence-electron chi connectivity index (χ0n) is 9.45. The van der Waals surface area contributed by atoms with Gasteiger partial charge in [0.25, 0.3) is 0 Å². The maximum Gasteiger partial charge on any atom is 0.0336 e. The fraction of sp³-hybridized carbons (Fsp3) is 0.538. The summed E-state index contributed by atoms with van der Waals surface area (Å²) in [6.07, 6.45) is 2.39. The monoisotopic (exact) mass is 242 g/mol. The third-order valence-corrected chi connectivity index (χ3v) is 4.08. The molecule has 2 unspecified atom stereocenters. The van der Waals surface area contributed by atoms with Gasteiger partial charge < -0.3 is 0 Å². The lowest BCUT2D eigenvalue weighted by Gasteiger charge is -2.16. The van der Waals surface area contributed by atoms with Crippen molar-refractivity contribution < 1.29 is 0 Å². The Kier molecular flexibility index (Phi) is 6.19. The highest BCUT2D eigenvalue weighted by Gasteiger charge is 2.12. The Labute approximate surface area is 102 Å². The minimum atomic E-state index is 0.298. The fourth-order valence-electron chi connectivity index (χ4n) is 1.60. The SMILES string of the molecule is CCC(CCSc1ccccc1)C(C)Cl. The minimum Gasteiger partial charge on any atom is -0.126 e. The molecule has 0 saturated carbocycles. The first-order valence-corrected chi connectivity index (χ1v) is 6.98. The predicted octanol–water partition coefficient (Wildman–Crippen LogP) is 4.82. The molecule has 0 N–H and O–H groups in total. The summed E-state index contributed by atoms with van der Waals surface area (Å²) in [6, 6.07) is 10.6. The lowest BCUT2D eigenvalue weighted by Crippen LogP contribution is -2.11. The number of benzene rings is 1. The lowest BCUT2D eigenvalue weighted by atomic mass is 10.0. The highest BCUT2D eigenvalue weighted by molar-refractivity contribution is 7.99. The van der Waals surface area contributed by atoms with Crippen molar-refractivity contribution in [3.8, 4) is 0 Å². The molecule has 1 aromatic rings. The number of rotatable bonds is 6. The third kappa shape index (κ3) is 4.94. The molecule has 1 aromatic carbocycles. The van der Waals surface area contributed by atoms with Crippen LogP contribution in [-0.2, 0) is 0 Å². The van der Waals surface area contributed by atoms with Crippen LogP contribution in [0.15, 0.2) is 35.2 Å². The molecule has 0 aromatic heterocycles. The van der Waals surface area contributed by atoms with Gasteiger partial charge in [-0.05, 0) is 37.1 Å². The number of hydrogen-bond donors (Lipinski definition) is 0. The molecule has 2 heteroatoms. The highest BCUT2D eigenvalue weighted by Crippen LogP contribution is 2.24. The normalized spacial score (nSPS) is 14.9. The fourth-order valence-corrected chi connectivity index (χ4v) is 2.91. The van der Waals surface area contributed by atoms with Gasteiger partial charge in [0.2, 0.25) is 0 Å². The molecular weight excluding hydrogens is 224 g/mol. The van der Waals surface area contributed by atoms with Gasteiger partial charge in [0.05, 0.1) is 0 Å². The highest BCUT2D eigenvalue weighted by atomic mass is 35.5. The molecule has 84 valence electrons. The second kappa shape index (κ2) is 7.19. The van der Waals surface area contributed by atoms with E-state index in [9.17, 15) is 0 Å². The second-order valence-electron chi connectivity index (χ2n) is 3.80. The van der Waals surface area contributed by atoms with Gasteiger partial charge in [-0.1, -0.05) is 31.5 Å². The van der Waals surface area contributed by atoms with Crippen LogP contribution in [0.4, 0.5) is 0 Å². The van der Waals surface area contributed by atoms with E-state index < -0.39 is 0 Å². The molecule has 0 aliphatic heterocycles. The average Bonchev–Trinajstić information content (AvgIpc) is 2.25. The molecule has 0 amide bonds. The van der Waals surface area contributed by atoms with E-state index in [4.69, 9.17) is 11.6 Å². The zero-order valence-corrected chi connectivity index (χ0v) is 11.0. The van der Waals surface area contributed by atoms with Crippen LogP contribution in [0.1, 0.15) is 26.7 Å². The smallest absolute Gasteiger partial charge is 0.0336 e. The molecule has 0 aliphatic rings. The first-order valence-electron chi connectivity index (χ1n) is 5.56. The molecule has 0 aliphatic carbocycles. The van der Waals surface area contributed by atoms with Gasteiger partial charge >= 0.3 is 0 Å². The molecule has 15 heavy (non-hydrogen) atoms. The molecule has 0 radical (unpaired) electrons. The van der Waals surface area contributed by atoms with Crippen molar-refractivity contribution in [3.63, 3.8) is 0 Å². The van der Waals surface area contributed by atoms with E-state index in [1.54, 1.807) is 0 Å². The van der Waals surface area contributed by atoms with Crippen LogP contribution in [0.3, 0.4) is 0 Å². The topological polar surface area (TPSA) is 0 Å². The van der Waals surface area contributed by atoms with Gasteiger partial charge in [-0.3, -0.25) is 0 Å². The Bertz CT molecular complexity index is 258. The summed E-state index contributed by atoms with van der Waals surface area (Å²) in [5.41, 5.74) is 0. The van der Waals surface area contributed by atoms with Crippen LogP contribution in [0, 0.1) is 5.92 Å². The number of halogens is 1. The first-order chi connectivity index (χ1) is 7.24. The number of hydrogen-bond acceptors (Lipinski definition) is 1. The average molecular weight is 243 g/mol. The molecule has 1 rings (SSSR count). The summed E-state index contributed by atoms with van der Waals surface area (Å²) in [5, 5.41) is 0.298. The minimum absolute atomic E-state index is 0.298. The zero-order chi connectivity index (χ0) is 11.1. The van der Waals surface area contributed by atoms with Crippen molar-refractivity contribution in [2.75, 3.05) is 5.75 Å². The summed E-state index contributed by atoms with van der Waals surface area (Å²) in [6.45, 7) is 4.32. The molecule has 0 nitrogen and oxygen atoms in total. The summed E-state index contributed by atoms with van der Waals surface area (Å²) in [5.74, 6) is 1.82. The molecule has 2 atom stereocenters. The van der Waals surface area contributed by atoms with Crippen LogP contribution < -0.4 is 0 Å². The van der Waals surface area contributed by atoms with E-state index in [2.05, 4.69) is 44.2 Å². The number of alkyl halides is 1. The van der Waals surface area contributed by atoms with E-state index in [0.717, 1.165) is 0 Å². The molecule has 0 bridgehead atoms. The van der Waals surface area contributed by atoms with Crippen molar-refractivity contribution in [3.05, 3.63) is 30.3 Å². The number of thioether (sulfide) groups is 1. The standard InChI is InChI=1S/C13H19ClS/c1-3-12(11(2)14)9-10-15-13-7-5-4-6-8-13/h4-8,11-12H,3,9-10H2,1-2H3. The summed E-state index contributed by atoms with van der Waals surface area (Å²) in [4.78, 5) is 1.36. The summed E-state index contributed by atoms with van der Waals surface area (Å²) < 4.78 is 0. The van der Waals surface area contributed by atoms with E-state index in [1.807, 2.05) is 11.8 Å². The van der Waals surface area contributed by atoms with E-state index in [-0.39, 0.29) is 0 Å². The van der Waals surface area contributed by atoms with Crippen LogP contribution in [0.5, 0.6) is 0 Å². The van der Waals surface area contributed by atoms with Crippen molar-refractivity contribution in [2.24, 2.45) is 5.92 Å². The van der Waals surface area contributed by atoms with Crippen molar-refractivity contribution >= 4 is 23.4 Å². The summed E-state index contributed by atoms with van der Waals surface area (Å²) in [7, 11) is 0. The van der Waals surface area contributed by atoms with Crippen LogP contribution in [0.25, 0.3) is 0 Å². The Morgan fingerprint density at radius 3 is 2.47 bits per heavy atom. The maximum atomic E-state index is 6.12. The molecule has 0 spiro atoms. The summed E-state index contributed by atoms with van der Waals surface area (Å²) >= 11 is 8.04. The maximum absolute atomic E-state index is 6.12. The van der Waals surface area contributed by atoms with Gasteiger partial charge in [-0.15, -0.1) is 23.4 Å². The Hall–Kier alpha value is -0.140. The van der Waals surface area contributed by atoms with Crippen LogP contribution >= 0.6 is 23.4 Å². The first kappa shape index (κ1) is 12.9. The Morgan fingerprint density at radius 2 is 1.93 bits per heavy atom. The molecule has 0 saturated heterocycles. The van der Waals surface area contributed by atoms with Gasteiger partial charge in [-0.25, -0.2) is 0 Å². The molecular formula is C13H19ClS. The molecule has 0 fully saturated rings. The quantitative estimate of drug-likeness (QED) is 0.509.